The number of fused-ring (bicyclic) bond motifs is 7. The number of nitrogens with one attached hydrogen (secondary N) is 1. The Bertz CT molecular complexity index is 1510. The van der Waals surface area contributed by atoms with Crippen LogP contribution >= 0.6 is 0 Å². The Morgan fingerprint density at radius 1 is 1.00 bits per heavy atom. The lowest BCUT2D eigenvalue weighted by molar-refractivity contribution is -0.122. The van der Waals surface area contributed by atoms with Gasteiger partial charge >= 0.3 is 0 Å². The number of hydrogen-bond donors (Lipinski definition) is 1. The van der Waals surface area contributed by atoms with Gasteiger partial charge in [0, 0.05) is 16.9 Å². The molecule has 1 amide bonds. The molecule has 1 N–H and O–H groups in total. The van der Waals surface area contributed by atoms with Gasteiger partial charge in [0.05, 0.1) is 18.0 Å². The summed E-state index contributed by atoms with van der Waals surface area (Å²) in [5.41, 5.74) is 2.27. The third-order valence-electron chi connectivity index (χ3n) is 7.90. The lowest BCUT2D eigenvalue weighted by Crippen LogP contribution is -2.51. The average molecular weight is 479 g/mol. The summed E-state index contributed by atoms with van der Waals surface area (Å²) in [4.78, 5) is 43.9. The first kappa shape index (κ1) is 20.9. The summed E-state index contributed by atoms with van der Waals surface area (Å²) in [6.07, 6.45) is 3.95. The topological polar surface area (TPSA) is 84.9 Å². The molecular formula is C29H22N2O5. The van der Waals surface area contributed by atoms with E-state index in [1.165, 1.54) is 6.92 Å². The Morgan fingerprint density at radius 2 is 1.78 bits per heavy atom. The van der Waals surface area contributed by atoms with Gasteiger partial charge in [-0.1, -0.05) is 48.6 Å². The molecule has 36 heavy (non-hydrogen) atoms. The summed E-state index contributed by atoms with van der Waals surface area (Å²) in [6.45, 7) is 1.59. The van der Waals surface area contributed by atoms with Crippen LogP contribution in [0.1, 0.15) is 28.4 Å². The van der Waals surface area contributed by atoms with Gasteiger partial charge in [0.15, 0.2) is 23.1 Å². The number of nitrogens with zero attached hydrogens (tertiary/aromatic N) is 1. The zero-order valence-corrected chi connectivity index (χ0v) is 19.4. The third kappa shape index (κ3) is 2.54. The molecule has 7 nitrogen and oxygen atoms in total. The molecule has 0 bridgehead atoms. The summed E-state index contributed by atoms with van der Waals surface area (Å²) < 4.78 is 10.9. The van der Waals surface area contributed by atoms with E-state index in [0.717, 1.165) is 16.8 Å². The minimum absolute atomic E-state index is 0.0869. The van der Waals surface area contributed by atoms with Crippen molar-refractivity contribution in [2.75, 3.05) is 17.0 Å². The van der Waals surface area contributed by atoms with E-state index in [1.807, 2.05) is 65.6 Å². The number of carbonyl (C=O) groups is 3. The predicted molar refractivity (Wildman–Crippen MR) is 133 cm³/mol. The second-order valence-corrected chi connectivity index (χ2v) is 9.60. The van der Waals surface area contributed by atoms with Crippen molar-refractivity contribution in [2.24, 2.45) is 5.92 Å². The highest BCUT2D eigenvalue weighted by atomic mass is 16.7. The number of para-hydroxylation sites is 2. The van der Waals surface area contributed by atoms with Crippen LogP contribution in [0.3, 0.4) is 0 Å². The van der Waals surface area contributed by atoms with Gasteiger partial charge in [0.1, 0.15) is 5.41 Å². The fourth-order valence-electron chi connectivity index (χ4n) is 6.50. The number of hydrogen-bond acceptors (Lipinski definition) is 6. The van der Waals surface area contributed by atoms with Crippen LogP contribution in [0.4, 0.5) is 11.4 Å². The Morgan fingerprint density at radius 3 is 2.64 bits per heavy atom. The first-order valence-electron chi connectivity index (χ1n) is 11.9. The minimum Gasteiger partial charge on any atom is -0.454 e. The Balaban J connectivity index is 1.50. The van der Waals surface area contributed by atoms with E-state index in [2.05, 4.69) is 5.32 Å². The van der Waals surface area contributed by atoms with Crippen LogP contribution in [0.25, 0.3) is 6.08 Å². The molecule has 4 aliphatic heterocycles. The number of anilines is 2. The lowest BCUT2D eigenvalue weighted by atomic mass is 9.64. The normalized spacial score (nSPS) is 26.4. The second kappa shape index (κ2) is 7.31. The van der Waals surface area contributed by atoms with E-state index in [4.69, 9.17) is 9.47 Å². The number of amides is 1. The molecule has 0 radical (unpaired) electrons. The van der Waals surface area contributed by atoms with Crippen LogP contribution in [-0.4, -0.2) is 36.4 Å². The fraction of sp³-hybridized carbons (Fsp3) is 0.207. The molecule has 7 heteroatoms. The van der Waals surface area contributed by atoms with Gasteiger partial charge in [0.25, 0.3) is 0 Å². The van der Waals surface area contributed by atoms with E-state index < -0.39 is 23.4 Å². The molecule has 1 saturated heterocycles. The molecule has 4 heterocycles. The number of benzene rings is 3. The quantitative estimate of drug-likeness (QED) is 0.574. The highest BCUT2D eigenvalue weighted by molar-refractivity contribution is 6.16. The molecule has 7 rings (SSSR count). The number of rotatable bonds is 3. The fourth-order valence-corrected chi connectivity index (χ4v) is 6.50. The van der Waals surface area contributed by atoms with E-state index >= 15 is 0 Å². The largest absolute Gasteiger partial charge is 0.454 e. The van der Waals surface area contributed by atoms with E-state index in [0.29, 0.717) is 22.7 Å². The third-order valence-corrected chi connectivity index (χ3v) is 7.90. The number of carbonyl (C=O) groups excluding carboxylic acids is 3. The first-order chi connectivity index (χ1) is 17.5. The summed E-state index contributed by atoms with van der Waals surface area (Å²) in [6, 6.07) is 18.9. The maximum Gasteiger partial charge on any atom is 0.238 e. The maximum absolute atomic E-state index is 14.5. The van der Waals surface area contributed by atoms with Gasteiger partial charge in [0.2, 0.25) is 12.7 Å². The summed E-state index contributed by atoms with van der Waals surface area (Å²) in [5, 5.41) is 3.02. The van der Waals surface area contributed by atoms with Gasteiger partial charge in [-0.3, -0.25) is 14.4 Å². The zero-order chi connectivity index (χ0) is 24.6. The van der Waals surface area contributed by atoms with E-state index in [1.54, 1.807) is 18.2 Å². The Hall–Kier alpha value is -4.39. The molecule has 3 aromatic rings. The van der Waals surface area contributed by atoms with Crippen molar-refractivity contribution >= 4 is 34.9 Å². The van der Waals surface area contributed by atoms with Crippen molar-refractivity contribution in [3.63, 3.8) is 0 Å². The summed E-state index contributed by atoms with van der Waals surface area (Å²) >= 11 is 0. The first-order valence-corrected chi connectivity index (χ1v) is 11.9. The van der Waals surface area contributed by atoms with E-state index in [-0.39, 0.29) is 24.3 Å². The Labute approximate surface area is 207 Å². The molecular weight excluding hydrogens is 456 g/mol. The predicted octanol–water partition coefficient (Wildman–Crippen LogP) is 3.98. The average Bonchev–Trinajstić information content (AvgIpc) is 3.57. The van der Waals surface area contributed by atoms with Crippen LogP contribution in [0.15, 0.2) is 72.8 Å². The van der Waals surface area contributed by atoms with Crippen LogP contribution in [0.2, 0.25) is 0 Å². The molecule has 0 aliphatic carbocycles. The standard InChI is InChI=1S/C29H22N2O5/c1-16(32)26-25(27(33)18-10-12-22-23(14-18)36-15-35-22)29(19-7-3-4-8-20(19)30-28(29)34)24-13-11-17-6-2-5-9-21(17)31(24)26/h2-14,24-26H,15H2,1H3,(H,30,34). The minimum atomic E-state index is -1.29. The molecule has 4 unspecified atom stereocenters. The van der Waals surface area contributed by atoms with Crippen LogP contribution < -0.4 is 19.7 Å². The Kier molecular flexibility index (Phi) is 4.25. The number of ether oxygens (including phenoxy) is 2. The van der Waals surface area contributed by atoms with Crippen LogP contribution in [-0.2, 0) is 15.0 Å². The van der Waals surface area contributed by atoms with Gasteiger partial charge < -0.3 is 19.7 Å². The van der Waals surface area contributed by atoms with Crippen molar-refractivity contribution in [3.8, 4) is 11.5 Å². The van der Waals surface area contributed by atoms with E-state index in [9.17, 15) is 14.4 Å². The van der Waals surface area contributed by atoms with Crippen molar-refractivity contribution in [1.82, 2.24) is 0 Å². The van der Waals surface area contributed by atoms with Crippen molar-refractivity contribution < 1.29 is 23.9 Å². The van der Waals surface area contributed by atoms with Crippen LogP contribution in [0.5, 0.6) is 11.5 Å². The smallest absolute Gasteiger partial charge is 0.238 e. The second-order valence-electron chi connectivity index (χ2n) is 9.60. The molecule has 3 aromatic carbocycles. The molecule has 0 saturated carbocycles. The molecule has 4 aliphatic rings. The maximum atomic E-state index is 14.5. The molecule has 1 spiro atoms. The van der Waals surface area contributed by atoms with Gasteiger partial charge in [-0.2, -0.15) is 0 Å². The highest BCUT2D eigenvalue weighted by Crippen LogP contribution is 2.57. The van der Waals surface area contributed by atoms with Crippen LogP contribution in [0, 0.1) is 5.92 Å². The molecule has 178 valence electrons. The van der Waals surface area contributed by atoms with Gasteiger partial charge in [-0.05, 0) is 48.4 Å². The lowest BCUT2D eigenvalue weighted by Gasteiger charge is -2.37. The molecule has 0 aromatic heterocycles. The monoisotopic (exact) mass is 478 g/mol. The summed E-state index contributed by atoms with van der Waals surface area (Å²) in [7, 11) is 0. The summed E-state index contributed by atoms with van der Waals surface area (Å²) in [5.74, 6) is -0.634. The molecule has 4 atom stereocenters. The van der Waals surface area contributed by atoms with Gasteiger partial charge in [-0.15, -0.1) is 0 Å². The van der Waals surface area contributed by atoms with Crippen molar-refractivity contribution in [2.45, 2.75) is 24.4 Å². The van der Waals surface area contributed by atoms with Crippen molar-refractivity contribution in [1.29, 1.82) is 0 Å². The molecule has 1 fully saturated rings. The van der Waals surface area contributed by atoms with Crippen molar-refractivity contribution in [3.05, 3.63) is 89.5 Å². The van der Waals surface area contributed by atoms with Gasteiger partial charge in [-0.25, -0.2) is 0 Å². The zero-order valence-electron chi connectivity index (χ0n) is 19.4. The number of Topliss-reactive ketones (excluding diaryl/α,β-unsaturated/α-hetero) is 2. The SMILES string of the molecule is CC(=O)C1C(C(=O)c2ccc3c(c2)OCO3)C2(C(=O)Nc3ccccc32)C2C=Cc3ccccc3N12. The number of ketones is 2. The highest BCUT2D eigenvalue weighted by Gasteiger charge is 2.69.